The molecule has 0 radical (unpaired) electrons. The monoisotopic (exact) mass is 172 g/mol. The summed E-state index contributed by atoms with van der Waals surface area (Å²) in [6.07, 6.45) is 5.95. The zero-order valence-corrected chi connectivity index (χ0v) is 7.91. The highest BCUT2D eigenvalue weighted by Gasteiger charge is 2.11. The quantitative estimate of drug-likeness (QED) is 0.508. The van der Waals surface area contributed by atoms with Crippen molar-refractivity contribution in [3.8, 4) is 0 Å². The number of thioether (sulfide) groups is 1. The SMILES string of the molecule is CSCC(=N)N1CCCCC1. The van der Waals surface area contributed by atoms with E-state index in [1.54, 1.807) is 11.8 Å². The molecule has 0 aliphatic carbocycles. The predicted molar refractivity (Wildman–Crippen MR) is 51.5 cm³/mol. The normalized spacial score (nSPS) is 18.5. The first-order chi connectivity index (χ1) is 5.34. The zero-order chi connectivity index (χ0) is 8.10. The molecule has 1 saturated heterocycles. The summed E-state index contributed by atoms with van der Waals surface area (Å²) in [7, 11) is 0. The molecule has 2 nitrogen and oxygen atoms in total. The molecule has 1 aliphatic rings. The van der Waals surface area contributed by atoms with Gasteiger partial charge in [0, 0.05) is 13.1 Å². The van der Waals surface area contributed by atoms with E-state index in [1.165, 1.54) is 19.3 Å². The Hall–Kier alpha value is -0.180. The van der Waals surface area contributed by atoms with Crippen molar-refractivity contribution in [2.75, 3.05) is 25.1 Å². The highest BCUT2D eigenvalue weighted by atomic mass is 32.2. The molecule has 0 saturated carbocycles. The third kappa shape index (κ3) is 2.73. The molecule has 0 amide bonds. The second-order valence-corrected chi connectivity index (χ2v) is 3.79. The van der Waals surface area contributed by atoms with Crippen molar-refractivity contribution in [2.45, 2.75) is 19.3 Å². The van der Waals surface area contributed by atoms with Crippen LogP contribution in [0.5, 0.6) is 0 Å². The zero-order valence-electron chi connectivity index (χ0n) is 7.10. The van der Waals surface area contributed by atoms with Gasteiger partial charge in [0.05, 0.1) is 5.75 Å². The van der Waals surface area contributed by atoms with Crippen LogP contribution in [0, 0.1) is 5.41 Å². The van der Waals surface area contributed by atoms with Crippen LogP contribution < -0.4 is 0 Å². The second-order valence-electron chi connectivity index (χ2n) is 2.93. The van der Waals surface area contributed by atoms with Gasteiger partial charge in [0.25, 0.3) is 0 Å². The van der Waals surface area contributed by atoms with Crippen molar-refractivity contribution in [3.05, 3.63) is 0 Å². The van der Waals surface area contributed by atoms with Gasteiger partial charge in [-0.3, -0.25) is 5.41 Å². The van der Waals surface area contributed by atoms with E-state index in [-0.39, 0.29) is 0 Å². The van der Waals surface area contributed by atoms with Gasteiger partial charge >= 0.3 is 0 Å². The fraction of sp³-hybridized carbons (Fsp3) is 0.875. The van der Waals surface area contributed by atoms with Crippen LogP contribution >= 0.6 is 11.8 Å². The number of hydrogen-bond acceptors (Lipinski definition) is 2. The molecule has 0 aromatic heterocycles. The molecular weight excluding hydrogens is 156 g/mol. The van der Waals surface area contributed by atoms with E-state index >= 15 is 0 Å². The highest BCUT2D eigenvalue weighted by molar-refractivity contribution is 7.99. The van der Waals surface area contributed by atoms with Gasteiger partial charge in [-0.25, -0.2) is 0 Å². The van der Waals surface area contributed by atoms with Crippen LogP contribution in [0.3, 0.4) is 0 Å². The Morgan fingerprint density at radius 3 is 2.55 bits per heavy atom. The van der Waals surface area contributed by atoms with Gasteiger partial charge in [-0.2, -0.15) is 11.8 Å². The second kappa shape index (κ2) is 4.65. The van der Waals surface area contributed by atoms with Crippen LogP contribution in [0.25, 0.3) is 0 Å². The van der Waals surface area contributed by atoms with Gasteiger partial charge in [0.2, 0.25) is 0 Å². The average Bonchev–Trinajstić information content (AvgIpc) is 2.07. The lowest BCUT2D eigenvalue weighted by Crippen LogP contribution is -2.36. The first-order valence-corrected chi connectivity index (χ1v) is 5.55. The Balaban J connectivity index is 2.27. The van der Waals surface area contributed by atoms with Crippen LogP contribution in [0.4, 0.5) is 0 Å². The van der Waals surface area contributed by atoms with Gasteiger partial charge in [0.1, 0.15) is 5.84 Å². The van der Waals surface area contributed by atoms with Gasteiger partial charge in [-0.1, -0.05) is 0 Å². The Morgan fingerprint density at radius 1 is 1.36 bits per heavy atom. The van der Waals surface area contributed by atoms with Crippen molar-refractivity contribution in [3.63, 3.8) is 0 Å². The maximum Gasteiger partial charge on any atom is 0.106 e. The smallest absolute Gasteiger partial charge is 0.106 e. The van der Waals surface area contributed by atoms with Crippen molar-refractivity contribution in [1.29, 1.82) is 5.41 Å². The minimum atomic E-state index is 0.817. The number of amidine groups is 1. The molecule has 11 heavy (non-hydrogen) atoms. The van der Waals surface area contributed by atoms with Crippen LogP contribution in [0.2, 0.25) is 0 Å². The molecule has 0 aromatic rings. The molecule has 64 valence electrons. The van der Waals surface area contributed by atoms with E-state index in [0.29, 0.717) is 0 Å². The van der Waals surface area contributed by atoms with Crippen LogP contribution in [0.15, 0.2) is 0 Å². The lowest BCUT2D eigenvalue weighted by Gasteiger charge is -2.28. The molecule has 1 heterocycles. The van der Waals surface area contributed by atoms with E-state index < -0.39 is 0 Å². The summed E-state index contributed by atoms with van der Waals surface area (Å²) in [4.78, 5) is 2.21. The van der Waals surface area contributed by atoms with E-state index in [0.717, 1.165) is 24.7 Å². The summed E-state index contributed by atoms with van der Waals surface area (Å²) in [5.74, 6) is 1.69. The minimum Gasteiger partial charge on any atom is -0.360 e. The summed E-state index contributed by atoms with van der Waals surface area (Å²) < 4.78 is 0. The number of nitrogens with zero attached hydrogens (tertiary/aromatic N) is 1. The molecule has 1 N–H and O–H groups in total. The van der Waals surface area contributed by atoms with Crippen LogP contribution in [-0.4, -0.2) is 35.8 Å². The fourth-order valence-electron chi connectivity index (χ4n) is 1.39. The highest BCUT2D eigenvalue weighted by Crippen LogP contribution is 2.10. The van der Waals surface area contributed by atoms with Crippen molar-refractivity contribution in [2.24, 2.45) is 0 Å². The first-order valence-electron chi connectivity index (χ1n) is 4.16. The lowest BCUT2D eigenvalue weighted by molar-refractivity contribution is 0.339. The van der Waals surface area contributed by atoms with E-state index in [1.807, 2.05) is 0 Å². The molecule has 0 unspecified atom stereocenters. The number of rotatable bonds is 2. The van der Waals surface area contributed by atoms with E-state index in [2.05, 4.69) is 11.2 Å². The topological polar surface area (TPSA) is 27.1 Å². The Morgan fingerprint density at radius 2 is 2.00 bits per heavy atom. The molecule has 1 fully saturated rings. The van der Waals surface area contributed by atoms with Gasteiger partial charge in [-0.15, -0.1) is 0 Å². The summed E-state index contributed by atoms with van der Waals surface area (Å²) in [5.41, 5.74) is 0. The third-order valence-electron chi connectivity index (χ3n) is 2.02. The molecule has 0 bridgehead atoms. The molecule has 3 heteroatoms. The number of hydrogen-bond donors (Lipinski definition) is 1. The first kappa shape index (κ1) is 8.91. The number of nitrogens with one attached hydrogen (secondary N) is 1. The molecular formula is C8H16N2S. The Kier molecular flexibility index (Phi) is 3.77. The molecule has 0 aromatic carbocycles. The van der Waals surface area contributed by atoms with Crippen molar-refractivity contribution < 1.29 is 0 Å². The summed E-state index contributed by atoms with van der Waals surface area (Å²) >= 11 is 1.74. The standard InChI is InChI=1S/C8H16N2S/c1-11-7-8(9)10-5-3-2-4-6-10/h9H,2-7H2,1H3. The van der Waals surface area contributed by atoms with Crippen LogP contribution in [0.1, 0.15) is 19.3 Å². The summed E-state index contributed by atoms with van der Waals surface area (Å²) in [6.45, 7) is 2.22. The van der Waals surface area contributed by atoms with E-state index in [9.17, 15) is 0 Å². The van der Waals surface area contributed by atoms with Gasteiger partial charge < -0.3 is 4.90 Å². The predicted octanol–water partition coefficient (Wildman–Crippen LogP) is 1.81. The number of likely N-dealkylation sites (tertiary alicyclic amines) is 1. The Bertz CT molecular complexity index is 130. The maximum atomic E-state index is 7.69. The maximum absolute atomic E-state index is 7.69. The Labute approximate surface area is 72.9 Å². The van der Waals surface area contributed by atoms with Gasteiger partial charge in [-0.05, 0) is 25.5 Å². The number of piperidine rings is 1. The van der Waals surface area contributed by atoms with E-state index in [4.69, 9.17) is 5.41 Å². The van der Waals surface area contributed by atoms with Crippen molar-refractivity contribution in [1.82, 2.24) is 4.90 Å². The summed E-state index contributed by atoms with van der Waals surface area (Å²) in [6, 6.07) is 0. The van der Waals surface area contributed by atoms with Crippen LogP contribution in [-0.2, 0) is 0 Å². The molecule has 0 spiro atoms. The lowest BCUT2D eigenvalue weighted by atomic mass is 10.1. The fourth-order valence-corrected chi connectivity index (χ4v) is 1.85. The minimum absolute atomic E-state index is 0.817. The molecule has 1 rings (SSSR count). The molecule has 0 atom stereocenters. The third-order valence-corrected chi connectivity index (χ3v) is 2.58. The largest absolute Gasteiger partial charge is 0.360 e. The average molecular weight is 172 g/mol. The van der Waals surface area contributed by atoms with Crippen molar-refractivity contribution >= 4 is 17.6 Å². The molecule has 1 aliphatic heterocycles. The van der Waals surface area contributed by atoms with Gasteiger partial charge in [0.15, 0.2) is 0 Å². The summed E-state index contributed by atoms with van der Waals surface area (Å²) in [5, 5.41) is 7.69.